The molecule has 0 aliphatic heterocycles. The second-order valence-electron chi connectivity index (χ2n) is 5.30. The summed E-state index contributed by atoms with van der Waals surface area (Å²) in [7, 11) is 0. The van der Waals surface area contributed by atoms with Crippen molar-refractivity contribution in [1.82, 2.24) is 4.98 Å². The smallest absolute Gasteiger partial charge is 0.224 e. The van der Waals surface area contributed by atoms with Gasteiger partial charge in [-0.15, -0.1) is 0 Å². The van der Waals surface area contributed by atoms with Gasteiger partial charge in [0.1, 0.15) is 5.82 Å². The molecule has 0 bridgehead atoms. The number of hydrogen-bond acceptors (Lipinski definition) is 3. The maximum Gasteiger partial charge on any atom is 0.224 e. The Bertz CT molecular complexity index is 896. The van der Waals surface area contributed by atoms with Crippen molar-refractivity contribution in [1.29, 1.82) is 0 Å². The van der Waals surface area contributed by atoms with Gasteiger partial charge in [0.2, 0.25) is 5.91 Å². The first-order valence-electron chi connectivity index (χ1n) is 7.47. The third-order valence-electron chi connectivity index (χ3n) is 3.45. The predicted octanol–water partition coefficient (Wildman–Crippen LogP) is 5.47. The van der Waals surface area contributed by atoms with Crippen molar-refractivity contribution in [3.63, 3.8) is 0 Å². The van der Waals surface area contributed by atoms with E-state index >= 15 is 0 Å². The van der Waals surface area contributed by atoms with Crippen LogP contribution in [0.25, 0.3) is 11.3 Å². The van der Waals surface area contributed by atoms with E-state index in [1.165, 1.54) is 18.2 Å². The summed E-state index contributed by atoms with van der Waals surface area (Å²) in [5.41, 5.74) is 1.35. The number of aryl methyl sites for hydroxylation is 1. The van der Waals surface area contributed by atoms with Crippen molar-refractivity contribution < 1.29 is 13.6 Å². The van der Waals surface area contributed by atoms with Gasteiger partial charge in [-0.1, -0.05) is 39.7 Å². The molecule has 0 saturated heterocycles. The largest absolute Gasteiger partial charge is 0.441 e. The first-order chi connectivity index (χ1) is 12.0. The summed E-state index contributed by atoms with van der Waals surface area (Å²) in [6.45, 7) is 0. The van der Waals surface area contributed by atoms with Crippen LogP contribution in [-0.4, -0.2) is 10.9 Å². The molecule has 0 atom stereocenters. The first-order valence-corrected chi connectivity index (χ1v) is 8.64. The van der Waals surface area contributed by atoms with E-state index in [0.717, 1.165) is 10.0 Å². The molecule has 2 aromatic carbocycles. The molecule has 3 rings (SSSR count). The molecule has 0 spiro atoms. The fourth-order valence-electron chi connectivity index (χ4n) is 2.19. The van der Waals surface area contributed by atoms with Crippen molar-refractivity contribution in [2.24, 2.45) is 0 Å². The Labute approximate surface area is 157 Å². The lowest BCUT2D eigenvalue weighted by atomic mass is 10.2. The van der Waals surface area contributed by atoms with Gasteiger partial charge >= 0.3 is 0 Å². The molecule has 0 aliphatic carbocycles. The molecular weight excluding hydrogens is 411 g/mol. The fraction of sp³-hybridized carbons (Fsp3) is 0.111. The van der Waals surface area contributed by atoms with E-state index in [2.05, 4.69) is 26.2 Å². The van der Waals surface area contributed by atoms with Crippen LogP contribution < -0.4 is 5.32 Å². The molecule has 0 unspecified atom stereocenters. The summed E-state index contributed by atoms with van der Waals surface area (Å²) in [5.74, 6) is 0.365. The van der Waals surface area contributed by atoms with Crippen molar-refractivity contribution >= 4 is 39.1 Å². The summed E-state index contributed by atoms with van der Waals surface area (Å²) in [5, 5.41) is 2.62. The van der Waals surface area contributed by atoms with Crippen molar-refractivity contribution in [2.75, 3.05) is 5.32 Å². The molecule has 128 valence electrons. The Morgan fingerprint density at radius 1 is 1.24 bits per heavy atom. The maximum atomic E-state index is 13.1. The van der Waals surface area contributed by atoms with Gasteiger partial charge in [0.15, 0.2) is 11.7 Å². The number of aromatic nitrogens is 1. The normalized spacial score (nSPS) is 10.7. The summed E-state index contributed by atoms with van der Waals surface area (Å²) >= 11 is 9.07. The molecular formula is C18H13BrClFN2O2. The zero-order chi connectivity index (χ0) is 17.8. The Hall–Kier alpha value is -2.18. The summed E-state index contributed by atoms with van der Waals surface area (Å²) in [6.07, 6.45) is 2.18. The molecule has 1 amide bonds. The van der Waals surface area contributed by atoms with Gasteiger partial charge in [-0.25, -0.2) is 9.37 Å². The highest BCUT2D eigenvalue weighted by atomic mass is 79.9. The maximum absolute atomic E-state index is 13.1. The highest BCUT2D eigenvalue weighted by Crippen LogP contribution is 2.23. The van der Waals surface area contributed by atoms with Gasteiger partial charge in [-0.3, -0.25) is 4.79 Å². The molecule has 1 heterocycles. The first kappa shape index (κ1) is 17.6. The van der Waals surface area contributed by atoms with Crippen LogP contribution in [-0.2, 0) is 11.2 Å². The predicted molar refractivity (Wildman–Crippen MR) is 98.0 cm³/mol. The monoisotopic (exact) mass is 422 g/mol. The highest BCUT2D eigenvalue weighted by Gasteiger charge is 2.10. The molecule has 0 aliphatic rings. The van der Waals surface area contributed by atoms with E-state index in [1.807, 2.05) is 24.3 Å². The zero-order valence-corrected chi connectivity index (χ0v) is 15.3. The molecule has 0 fully saturated rings. The number of carbonyl (C=O) groups excluding carboxylic acids is 1. The van der Waals surface area contributed by atoms with Crippen LogP contribution in [0.4, 0.5) is 10.1 Å². The van der Waals surface area contributed by atoms with Gasteiger partial charge in [-0.2, -0.15) is 0 Å². The molecule has 25 heavy (non-hydrogen) atoms. The number of amides is 1. The lowest BCUT2D eigenvalue weighted by Crippen LogP contribution is -2.12. The van der Waals surface area contributed by atoms with Crippen LogP contribution in [0.15, 0.2) is 57.6 Å². The third kappa shape index (κ3) is 4.67. The average molecular weight is 424 g/mol. The van der Waals surface area contributed by atoms with Crippen molar-refractivity contribution in [2.45, 2.75) is 12.8 Å². The topological polar surface area (TPSA) is 55.1 Å². The number of hydrogen-bond donors (Lipinski definition) is 1. The van der Waals surface area contributed by atoms with Crippen molar-refractivity contribution in [3.8, 4) is 11.3 Å². The Morgan fingerprint density at radius 3 is 2.72 bits per heavy atom. The third-order valence-corrected chi connectivity index (χ3v) is 4.27. The summed E-state index contributed by atoms with van der Waals surface area (Å²) < 4.78 is 19.8. The van der Waals surface area contributed by atoms with Crippen LogP contribution in [0.2, 0.25) is 5.02 Å². The van der Waals surface area contributed by atoms with Crippen molar-refractivity contribution in [3.05, 3.63) is 69.9 Å². The molecule has 0 radical (unpaired) electrons. The fourth-order valence-corrected chi connectivity index (χ4v) is 2.64. The number of nitrogens with one attached hydrogen (secondary N) is 1. The van der Waals surface area contributed by atoms with E-state index in [4.69, 9.17) is 16.0 Å². The molecule has 4 nitrogen and oxygen atoms in total. The van der Waals surface area contributed by atoms with E-state index in [9.17, 15) is 9.18 Å². The molecule has 3 aromatic rings. The number of carbonyl (C=O) groups is 1. The quantitative estimate of drug-likeness (QED) is 0.592. The number of anilines is 1. The molecule has 1 N–H and O–H groups in total. The minimum absolute atomic E-state index is 0.0374. The van der Waals surface area contributed by atoms with E-state index < -0.39 is 5.82 Å². The van der Waals surface area contributed by atoms with Crippen LogP contribution in [0.1, 0.15) is 12.3 Å². The lowest BCUT2D eigenvalue weighted by Gasteiger charge is -2.05. The number of oxazole rings is 1. The van der Waals surface area contributed by atoms with Gasteiger partial charge in [-0.05, 0) is 30.3 Å². The highest BCUT2D eigenvalue weighted by molar-refractivity contribution is 9.10. The zero-order valence-electron chi connectivity index (χ0n) is 12.9. The van der Waals surface area contributed by atoms with E-state index in [-0.39, 0.29) is 17.4 Å². The standard InChI is InChI=1S/C18H13BrClFN2O2/c19-12-3-1-11(2-4-12)16-10-22-18(25-16)8-7-17(24)23-13-5-6-15(21)14(20)9-13/h1-6,9-10H,7-8H2,(H,23,24). The second kappa shape index (κ2) is 7.80. The number of benzene rings is 2. The van der Waals surface area contributed by atoms with Crippen LogP contribution >= 0.6 is 27.5 Å². The summed E-state index contributed by atoms with van der Waals surface area (Å²) in [4.78, 5) is 16.2. The minimum atomic E-state index is -0.528. The van der Waals surface area contributed by atoms with Gasteiger partial charge in [0.05, 0.1) is 11.2 Å². The number of nitrogens with zero attached hydrogens (tertiary/aromatic N) is 1. The Balaban J connectivity index is 1.57. The Morgan fingerprint density at radius 2 is 2.00 bits per heavy atom. The average Bonchev–Trinajstić information content (AvgIpc) is 3.06. The molecule has 7 heteroatoms. The van der Waals surface area contributed by atoms with Gasteiger partial charge < -0.3 is 9.73 Å². The number of halogens is 3. The summed E-state index contributed by atoms with van der Waals surface area (Å²) in [6, 6.07) is 11.7. The Kier molecular flexibility index (Phi) is 5.50. The van der Waals surface area contributed by atoms with E-state index in [0.29, 0.717) is 23.8 Å². The van der Waals surface area contributed by atoms with Gasteiger partial charge in [0, 0.05) is 28.6 Å². The SMILES string of the molecule is O=C(CCc1ncc(-c2ccc(Br)cc2)o1)Nc1ccc(F)c(Cl)c1. The number of rotatable bonds is 5. The molecule has 0 saturated carbocycles. The molecule has 1 aromatic heterocycles. The lowest BCUT2D eigenvalue weighted by molar-refractivity contribution is -0.116. The second-order valence-corrected chi connectivity index (χ2v) is 6.63. The van der Waals surface area contributed by atoms with Crippen LogP contribution in [0.3, 0.4) is 0 Å². The minimum Gasteiger partial charge on any atom is -0.441 e. The van der Waals surface area contributed by atoms with E-state index in [1.54, 1.807) is 6.20 Å². The van der Waals surface area contributed by atoms with Gasteiger partial charge in [0.25, 0.3) is 0 Å². The van der Waals surface area contributed by atoms with Crippen LogP contribution in [0.5, 0.6) is 0 Å². The van der Waals surface area contributed by atoms with Crippen LogP contribution in [0, 0.1) is 5.82 Å².